The number of nitriles is 1. The molecule has 2 aromatic carbocycles. The summed E-state index contributed by atoms with van der Waals surface area (Å²) in [6, 6.07) is 14.1. The number of ether oxygens (including phenoxy) is 2. The molecule has 1 fully saturated rings. The summed E-state index contributed by atoms with van der Waals surface area (Å²) in [5.41, 5.74) is 3.84. The molecule has 32 heavy (non-hydrogen) atoms. The van der Waals surface area contributed by atoms with E-state index in [2.05, 4.69) is 29.3 Å². The minimum atomic E-state index is 0.0185. The molecule has 0 bridgehead atoms. The lowest BCUT2D eigenvalue weighted by atomic mass is 9.97. The van der Waals surface area contributed by atoms with Crippen LogP contribution in [0, 0.1) is 24.2 Å². The van der Waals surface area contributed by atoms with Crippen LogP contribution in [0.4, 0.5) is 0 Å². The van der Waals surface area contributed by atoms with Gasteiger partial charge >= 0.3 is 0 Å². The molecule has 1 aliphatic heterocycles. The highest BCUT2D eigenvalue weighted by atomic mass is 16.5. The fourth-order valence-corrected chi connectivity index (χ4v) is 3.72. The van der Waals surface area contributed by atoms with Crippen LogP contribution in [0.3, 0.4) is 0 Å². The fourth-order valence-electron chi connectivity index (χ4n) is 3.72. The van der Waals surface area contributed by atoms with Crippen LogP contribution in [-0.4, -0.2) is 36.0 Å². The van der Waals surface area contributed by atoms with Gasteiger partial charge in [-0.25, -0.2) is 0 Å². The van der Waals surface area contributed by atoms with Crippen molar-refractivity contribution in [3.05, 3.63) is 58.7 Å². The molecule has 1 heterocycles. The van der Waals surface area contributed by atoms with Crippen molar-refractivity contribution in [1.29, 1.82) is 5.26 Å². The van der Waals surface area contributed by atoms with Crippen LogP contribution in [0.5, 0.6) is 11.5 Å². The molecule has 1 amide bonds. The average molecular weight is 436 g/mol. The second kappa shape index (κ2) is 10.5. The van der Waals surface area contributed by atoms with Crippen LogP contribution in [0.15, 0.2) is 36.4 Å². The second-order valence-electron chi connectivity index (χ2n) is 9.04. The molecule has 0 aliphatic carbocycles. The number of carbonyl (C=O) groups excluding carboxylic acids is 1. The van der Waals surface area contributed by atoms with E-state index in [0.29, 0.717) is 17.9 Å². The Hall–Kier alpha value is -3.04. The molecule has 0 spiro atoms. The van der Waals surface area contributed by atoms with E-state index in [1.807, 2.05) is 58.0 Å². The summed E-state index contributed by atoms with van der Waals surface area (Å²) < 4.78 is 11.6. The highest BCUT2D eigenvalue weighted by Crippen LogP contribution is 2.25. The normalized spacial score (nSPS) is 14.2. The van der Waals surface area contributed by atoms with Crippen molar-refractivity contribution in [3.63, 3.8) is 0 Å². The summed E-state index contributed by atoms with van der Waals surface area (Å²) in [6.07, 6.45) is 0.0185. The van der Waals surface area contributed by atoms with Gasteiger partial charge in [0.05, 0.1) is 17.6 Å². The highest BCUT2D eigenvalue weighted by molar-refractivity contribution is 5.80. The van der Waals surface area contributed by atoms with E-state index in [-0.39, 0.29) is 24.0 Å². The number of hydrogen-bond donors (Lipinski definition) is 1. The number of likely N-dealkylation sites (tertiary alicyclic amines) is 1. The summed E-state index contributed by atoms with van der Waals surface area (Å²) in [7, 11) is 0. The Morgan fingerprint density at radius 1 is 1.19 bits per heavy atom. The lowest BCUT2D eigenvalue weighted by Crippen LogP contribution is -2.54. The van der Waals surface area contributed by atoms with E-state index in [4.69, 9.17) is 9.47 Å². The van der Waals surface area contributed by atoms with E-state index in [1.54, 1.807) is 0 Å². The molecule has 0 atom stereocenters. The maximum Gasteiger partial charge on any atom is 0.225 e. The Kier molecular flexibility index (Phi) is 7.76. The second-order valence-corrected chi connectivity index (χ2v) is 9.04. The number of nitrogens with zero attached hydrogens (tertiary/aromatic N) is 2. The first-order chi connectivity index (χ1) is 15.2. The lowest BCUT2D eigenvalue weighted by Gasteiger charge is -2.38. The van der Waals surface area contributed by atoms with Crippen LogP contribution in [0.25, 0.3) is 0 Å². The first kappa shape index (κ1) is 23.6. The number of aryl methyl sites for hydroxylation is 1. The van der Waals surface area contributed by atoms with Crippen molar-refractivity contribution < 1.29 is 14.3 Å². The minimum absolute atomic E-state index is 0.0185. The summed E-state index contributed by atoms with van der Waals surface area (Å²) in [4.78, 5) is 14.4. The van der Waals surface area contributed by atoms with Crippen molar-refractivity contribution >= 4 is 5.91 Å². The predicted octanol–water partition coefficient (Wildman–Crippen LogP) is 4.19. The Balaban J connectivity index is 1.53. The maximum absolute atomic E-state index is 12.1. The summed E-state index contributed by atoms with van der Waals surface area (Å²) in [6.45, 7) is 12.7. The van der Waals surface area contributed by atoms with Crippen molar-refractivity contribution in [2.45, 2.75) is 59.9 Å². The molecule has 0 saturated carbocycles. The van der Waals surface area contributed by atoms with E-state index in [0.717, 1.165) is 36.5 Å². The molecular weight excluding hydrogens is 402 g/mol. The van der Waals surface area contributed by atoms with Crippen LogP contribution in [0.1, 0.15) is 49.9 Å². The van der Waals surface area contributed by atoms with Crippen molar-refractivity contribution in [3.8, 4) is 17.6 Å². The molecular formula is C26H33N3O3. The molecule has 0 radical (unpaired) electrons. The zero-order chi connectivity index (χ0) is 23.3. The van der Waals surface area contributed by atoms with Gasteiger partial charge in [-0.05, 0) is 75.6 Å². The molecule has 170 valence electrons. The zero-order valence-electron chi connectivity index (χ0n) is 19.6. The molecule has 0 unspecified atom stereocenters. The molecule has 0 aromatic heterocycles. The lowest BCUT2D eigenvalue weighted by molar-refractivity contribution is -0.131. The molecule has 1 aliphatic rings. The third-order valence-corrected chi connectivity index (χ3v) is 5.40. The van der Waals surface area contributed by atoms with Gasteiger partial charge in [-0.3, -0.25) is 9.69 Å². The smallest absolute Gasteiger partial charge is 0.225 e. The number of rotatable bonds is 9. The highest BCUT2D eigenvalue weighted by Gasteiger charge is 2.32. The SMILES string of the molecule is Cc1cc(OCc2ccc(OC(C)C)c(C#N)c2)ccc1CN1CC(C(=O)NC(C)C)C1. The first-order valence-corrected chi connectivity index (χ1v) is 11.2. The van der Waals surface area contributed by atoms with Crippen molar-refractivity contribution in [2.75, 3.05) is 13.1 Å². The summed E-state index contributed by atoms with van der Waals surface area (Å²) >= 11 is 0. The zero-order valence-corrected chi connectivity index (χ0v) is 19.6. The van der Waals surface area contributed by atoms with Gasteiger partial charge in [0, 0.05) is 25.7 Å². The summed E-state index contributed by atoms with van der Waals surface area (Å²) in [5.74, 6) is 1.64. The third kappa shape index (κ3) is 6.24. The van der Waals surface area contributed by atoms with Crippen LogP contribution in [0.2, 0.25) is 0 Å². The topological polar surface area (TPSA) is 74.6 Å². The molecule has 1 saturated heterocycles. The van der Waals surface area contributed by atoms with Crippen molar-refractivity contribution in [1.82, 2.24) is 10.2 Å². The Bertz CT molecular complexity index is 988. The average Bonchev–Trinajstić information content (AvgIpc) is 2.69. The Morgan fingerprint density at radius 2 is 1.94 bits per heavy atom. The van der Waals surface area contributed by atoms with E-state index in [1.165, 1.54) is 5.56 Å². The number of hydrogen-bond acceptors (Lipinski definition) is 5. The fraction of sp³-hybridized carbons (Fsp3) is 0.462. The number of nitrogens with one attached hydrogen (secondary N) is 1. The Morgan fingerprint density at radius 3 is 2.56 bits per heavy atom. The standard InChI is InChI=1S/C26H33N3O3/c1-17(2)28-26(30)23-14-29(15-23)13-21-7-8-24(10-19(21)5)31-16-20-6-9-25(32-18(3)4)22(11-20)12-27/h6-11,17-18,23H,13-16H2,1-5H3,(H,28,30). The van der Waals surface area contributed by atoms with Gasteiger partial charge < -0.3 is 14.8 Å². The van der Waals surface area contributed by atoms with Gasteiger partial charge in [-0.2, -0.15) is 5.26 Å². The monoisotopic (exact) mass is 435 g/mol. The maximum atomic E-state index is 12.1. The first-order valence-electron chi connectivity index (χ1n) is 11.2. The third-order valence-electron chi connectivity index (χ3n) is 5.40. The number of amides is 1. The van der Waals surface area contributed by atoms with Gasteiger partial charge in [-0.1, -0.05) is 12.1 Å². The Labute approximate surface area is 191 Å². The molecule has 6 heteroatoms. The van der Waals surface area contributed by atoms with E-state index in [9.17, 15) is 10.1 Å². The van der Waals surface area contributed by atoms with Crippen LogP contribution >= 0.6 is 0 Å². The quantitative estimate of drug-likeness (QED) is 0.639. The van der Waals surface area contributed by atoms with Crippen LogP contribution < -0.4 is 14.8 Å². The molecule has 6 nitrogen and oxygen atoms in total. The molecule has 3 rings (SSSR count). The van der Waals surface area contributed by atoms with Crippen molar-refractivity contribution in [2.24, 2.45) is 5.92 Å². The minimum Gasteiger partial charge on any atom is -0.490 e. The van der Waals surface area contributed by atoms with Gasteiger partial charge in [0.2, 0.25) is 5.91 Å². The van der Waals surface area contributed by atoms with Gasteiger partial charge in [0.25, 0.3) is 0 Å². The number of benzene rings is 2. The van der Waals surface area contributed by atoms with E-state index < -0.39 is 0 Å². The van der Waals surface area contributed by atoms with Gasteiger partial charge in [0.1, 0.15) is 24.2 Å². The van der Waals surface area contributed by atoms with E-state index >= 15 is 0 Å². The van der Waals surface area contributed by atoms with Crippen LogP contribution in [-0.2, 0) is 17.9 Å². The largest absolute Gasteiger partial charge is 0.490 e. The molecule has 2 aromatic rings. The van der Waals surface area contributed by atoms with Gasteiger partial charge in [0.15, 0.2) is 0 Å². The van der Waals surface area contributed by atoms with Gasteiger partial charge in [-0.15, -0.1) is 0 Å². The molecule has 1 N–H and O–H groups in total. The predicted molar refractivity (Wildman–Crippen MR) is 124 cm³/mol. The summed E-state index contributed by atoms with van der Waals surface area (Å²) in [5, 5.41) is 12.4. The number of carbonyl (C=O) groups is 1.